The zero-order valence-electron chi connectivity index (χ0n) is 13.5. The summed E-state index contributed by atoms with van der Waals surface area (Å²) in [4.78, 5) is 2.04. The molecule has 0 aliphatic heterocycles. The average Bonchev–Trinajstić information content (AvgIpc) is 2.62. The lowest BCUT2D eigenvalue weighted by atomic mass is 9.98. The fourth-order valence-corrected chi connectivity index (χ4v) is 2.84. The molecule has 0 spiro atoms. The summed E-state index contributed by atoms with van der Waals surface area (Å²) in [5.41, 5.74) is 12.5. The van der Waals surface area contributed by atoms with E-state index in [9.17, 15) is 0 Å². The van der Waals surface area contributed by atoms with E-state index in [1.165, 1.54) is 11.1 Å². The minimum Gasteiger partial charge on any atom is -0.397 e. The maximum absolute atomic E-state index is 6.31. The summed E-state index contributed by atoms with van der Waals surface area (Å²) < 4.78 is 0. The number of nitrogens with zero attached hydrogens (tertiary/aromatic N) is 1. The molecule has 1 aliphatic carbocycles. The average molecular weight is 302 g/mol. The predicted octanol–water partition coefficient (Wildman–Crippen LogP) is 5.11. The van der Waals surface area contributed by atoms with Gasteiger partial charge in [0.1, 0.15) is 0 Å². The molecule has 23 heavy (non-hydrogen) atoms. The Kier molecular flexibility index (Phi) is 4.33. The molecule has 0 bridgehead atoms. The molecule has 0 atom stereocenters. The third-order valence-corrected chi connectivity index (χ3v) is 4.23. The van der Waals surface area contributed by atoms with Crippen molar-refractivity contribution in [2.75, 3.05) is 17.7 Å². The summed E-state index contributed by atoms with van der Waals surface area (Å²) in [7, 11) is 2.00. The van der Waals surface area contributed by atoms with Crippen molar-refractivity contribution in [3.63, 3.8) is 0 Å². The van der Waals surface area contributed by atoms with Gasteiger partial charge in [-0.2, -0.15) is 0 Å². The van der Waals surface area contributed by atoms with Crippen molar-refractivity contribution >= 4 is 22.6 Å². The van der Waals surface area contributed by atoms with Gasteiger partial charge in [0.05, 0.1) is 11.4 Å². The van der Waals surface area contributed by atoms with Gasteiger partial charge >= 0.3 is 0 Å². The Balaban J connectivity index is 1.87. The molecule has 2 heteroatoms. The molecule has 0 radical (unpaired) electrons. The summed E-state index contributed by atoms with van der Waals surface area (Å²) in [6, 6.07) is 16.4. The number of nitrogens with two attached hydrogens (primary N) is 1. The van der Waals surface area contributed by atoms with Crippen molar-refractivity contribution in [3.8, 4) is 0 Å². The summed E-state index contributed by atoms with van der Waals surface area (Å²) >= 11 is 0. The van der Waals surface area contributed by atoms with Crippen molar-refractivity contribution in [3.05, 3.63) is 84.5 Å². The highest BCUT2D eigenvalue weighted by atomic mass is 15.1. The zero-order chi connectivity index (χ0) is 16.2. The van der Waals surface area contributed by atoms with E-state index < -0.39 is 0 Å². The van der Waals surface area contributed by atoms with Gasteiger partial charge in [-0.25, -0.2) is 0 Å². The Morgan fingerprint density at radius 2 is 1.87 bits per heavy atom. The van der Waals surface area contributed by atoms with Crippen LogP contribution in [0.4, 0.5) is 11.4 Å². The number of anilines is 2. The molecule has 0 unspecified atom stereocenters. The topological polar surface area (TPSA) is 29.3 Å². The lowest BCUT2D eigenvalue weighted by Gasteiger charge is -2.24. The smallest absolute Gasteiger partial charge is 0.0642 e. The molecule has 0 saturated heterocycles. The molecule has 2 N–H and O–H groups in total. The van der Waals surface area contributed by atoms with Crippen molar-refractivity contribution in [1.29, 1.82) is 0 Å². The predicted molar refractivity (Wildman–Crippen MR) is 101 cm³/mol. The second-order valence-corrected chi connectivity index (χ2v) is 5.78. The standard InChI is InChI=1S/C21H22N2/c1-16(17-9-5-3-6-10-17)23(2)21-14-13-19(15-20(21)22)18-11-7-4-8-12-18/h3,5-7,9-15H,1,4,8,22H2,2H3. The van der Waals surface area contributed by atoms with Gasteiger partial charge in [-0.15, -0.1) is 0 Å². The Morgan fingerprint density at radius 1 is 1.09 bits per heavy atom. The third kappa shape index (κ3) is 3.21. The fourth-order valence-electron chi connectivity index (χ4n) is 2.84. The first-order valence-corrected chi connectivity index (χ1v) is 7.91. The zero-order valence-corrected chi connectivity index (χ0v) is 13.5. The van der Waals surface area contributed by atoms with Gasteiger partial charge in [0, 0.05) is 12.7 Å². The Bertz CT molecular complexity index is 770. The Morgan fingerprint density at radius 3 is 2.52 bits per heavy atom. The van der Waals surface area contributed by atoms with Gasteiger partial charge in [0.25, 0.3) is 0 Å². The number of hydrogen-bond acceptors (Lipinski definition) is 2. The maximum atomic E-state index is 6.31. The minimum absolute atomic E-state index is 0.766. The molecule has 0 heterocycles. The van der Waals surface area contributed by atoms with Crippen molar-refractivity contribution in [2.45, 2.75) is 12.8 Å². The van der Waals surface area contributed by atoms with Crippen LogP contribution >= 0.6 is 0 Å². The van der Waals surface area contributed by atoms with E-state index in [1.54, 1.807) is 0 Å². The highest BCUT2D eigenvalue weighted by molar-refractivity contribution is 5.86. The first kappa shape index (κ1) is 15.2. The maximum Gasteiger partial charge on any atom is 0.0642 e. The molecular weight excluding hydrogens is 280 g/mol. The quantitative estimate of drug-likeness (QED) is 0.795. The van der Waals surface area contributed by atoms with Crippen LogP contribution in [0.2, 0.25) is 0 Å². The summed E-state index contributed by atoms with van der Waals surface area (Å²) in [6.07, 6.45) is 8.86. The van der Waals surface area contributed by atoms with Gasteiger partial charge in [0.2, 0.25) is 0 Å². The van der Waals surface area contributed by atoms with Crippen LogP contribution in [0.1, 0.15) is 24.0 Å². The van der Waals surface area contributed by atoms with Gasteiger partial charge in [0.15, 0.2) is 0 Å². The Hall–Kier alpha value is -2.74. The van der Waals surface area contributed by atoms with Crippen LogP contribution in [0.15, 0.2) is 73.3 Å². The molecule has 2 aromatic rings. The van der Waals surface area contributed by atoms with Crippen LogP contribution in [0.5, 0.6) is 0 Å². The second kappa shape index (κ2) is 6.57. The molecule has 0 aromatic heterocycles. The Labute approximate surface area is 138 Å². The molecule has 0 saturated carbocycles. The van der Waals surface area contributed by atoms with Crippen molar-refractivity contribution in [2.24, 2.45) is 0 Å². The van der Waals surface area contributed by atoms with E-state index >= 15 is 0 Å². The number of benzene rings is 2. The van der Waals surface area contributed by atoms with Crippen LogP contribution < -0.4 is 10.6 Å². The van der Waals surface area contributed by atoms with Crippen molar-refractivity contribution in [1.82, 2.24) is 0 Å². The molecule has 2 nitrogen and oxygen atoms in total. The first-order chi connectivity index (χ1) is 11.2. The molecule has 0 amide bonds. The first-order valence-electron chi connectivity index (χ1n) is 7.91. The fraction of sp³-hybridized carbons (Fsp3) is 0.143. The number of hydrogen-bond donors (Lipinski definition) is 1. The van der Waals surface area contributed by atoms with E-state index in [0.717, 1.165) is 35.5 Å². The van der Waals surface area contributed by atoms with Gasteiger partial charge in [-0.05, 0) is 41.7 Å². The van der Waals surface area contributed by atoms with E-state index in [4.69, 9.17) is 5.73 Å². The highest BCUT2D eigenvalue weighted by Gasteiger charge is 2.12. The van der Waals surface area contributed by atoms with E-state index in [2.05, 4.69) is 49.1 Å². The number of nitrogen functional groups attached to an aromatic ring is 1. The molecular formula is C21H22N2. The van der Waals surface area contributed by atoms with E-state index in [1.807, 2.05) is 36.2 Å². The summed E-state index contributed by atoms with van der Waals surface area (Å²) in [5, 5.41) is 0. The van der Waals surface area contributed by atoms with Crippen LogP contribution in [0, 0.1) is 0 Å². The van der Waals surface area contributed by atoms with Crippen LogP contribution in [-0.4, -0.2) is 7.05 Å². The summed E-state index contributed by atoms with van der Waals surface area (Å²) in [6.45, 7) is 4.20. The largest absolute Gasteiger partial charge is 0.397 e. The minimum atomic E-state index is 0.766. The van der Waals surface area contributed by atoms with E-state index in [0.29, 0.717) is 0 Å². The van der Waals surface area contributed by atoms with Crippen molar-refractivity contribution < 1.29 is 0 Å². The molecule has 3 rings (SSSR count). The lowest BCUT2D eigenvalue weighted by molar-refractivity contribution is 1.04. The molecule has 116 valence electrons. The number of allylic oxidation sites excluding steroid dienone is 4. The van der Waals surface area contributed by atoms with Crippen LogP contribution in [0.25, 0.3) is 11.3 Å². The summed E-state index contributed by atoms with van der Waals surface area (Å²) in [5.74, 6) is 0. The molecule has 1 aliphatic rings. The van der Waals surface area contributed by atoms with Gasteiger partial charge in [-0.1, -0.05) is 61.2 Å². The third-order valence-electron chi connectivity index (χ3n) is 4.23. The van der Waals surface area contributed by atoms with Gasteiger partial charge in [-0.3, -0.25) is 0 Å². The van der Waals surface area contributed by atoms with Crippen LogP contribution in [0.3, 0.4) is 0 Å². The molecule has 0 fully saturated rings. The highest BCUT2D eigenvalue weighted by Crippen LogP contribution is 2.32. The SMILES string of the molecule is C=C(c1ccccc1)N(C)c1ccc(C2=CCCC=C2)cc1N. The van der Waals surface area contributed by atoms with Gasteiger partial charge < -0.3 is 10.6 Å². The normalized spacial score (nSPS) is 13.5. The number of rotatable bonds is 4. The van der Waals surface area contributed by atoms with E-state index in [-0.39, 0.29) is 0 Å². The monoisotopic (exact) mass is 302 g/mol. The molecule has 2 aromatic carbocycles. The lowest BCUT2D eigenvalue weighted by Crippen LogP contribution is -2.16. The van der Waals surface area contributed by atoms with Crippen LogP contribution in [-0.2, 0) is 0 Å². The second-order valence-electron chi connectivity index (χ2n) is 5.78.